The van der Waals surface area contributed by atoms with E-state index in [2.05, 4.69) is 13.8 Å². The van der Waals surface area contributed by atoms with Crippen LogP contribution in [0.25, 0.3) is 10.8 Å². The number of hydrogen-bond acceptors (Lipinski definition) is 10. The van der Waals surface area contributed by atoms with Gasteiger partial charge in [-0.3, -0.25) is 0 Å². The Hall–Kier alpha value is -6.94. The summed E-state index contributed by atoms with van der Waals surface area (Å²) in [4.78, 5) is 52.1. The van der Waals surface area contributed by atoms with Crippen molar-refractivity contribution in [2.75, 3.05) is 13.2 Å². The Morgan fingerprint density at radius 2 is 0.667 bits per heavy atom. The smallest absolute Gasteiger partial charge is 0.343 e. The van der Waals surface area contributed by atoms with Crippen molar-refractivity contribution in [3.05, 3.63) is 155 Å². The number of ether oxygens (including phenoxy) is 6. The Morgan fingerprint density at radius 1 is 0.348 bits per heavy atom. The molecule has 6 aromatic rings. The Kier molecular flexibility index (Phi) is 20.7. The van der Waals surface area contributed by atoms with Gasteiger partial charge in [0.25, 0.3) is 0 Å². The van der Waals surface area contributed by atoms with E-state index in [0.717, 1.165) is 36.5 Å². The summed E-state index contributed by atoms with van der Waals surface area (Å²) in [6, 6.07) is 34.8. The molecule has 0 aliphatic heterocycles. The van der Waals surface area contributed by atoms with Crippen molar-refractivity contribution >= 4 is 34.6 Å². The molecule has 10 heteroatoms. The van der Waals surface area contributed by atoms with Crippen LogP contribution in [0.5, 0.6) is 34.5 Å². The number of carbonyl (C=O) groups is 4. The molecule has 0 fully saturated rings. The lowest BCUT2D eigenvalue weighted by atomic mass is 10.0. The second-order valence-corrected chi connectivity index (χ2v) is 17.4. The fraction of sp³-hybridized carbons (Fsp3) is 0.356. The van der Waals surface area contributed by atoms with Crippen LogP contribution in [0.2, 0.25) is 0 Å². The summed E-state index contributed by atoms with van der Waals surface area (Å²) >= 11 is 0. The molecule has 6 rings (SSSR count). The van der Waals surface area contributed by atoms with Crippen molar-refractivity contribution < 1.29 is 47.6 Å². The molecule has 0 aliphatic carbocycles. The molecule has 0 saturated heterocycles. The SMILES string of the molecule is CCCCCCCCCCOc1ccc(C(=O)Oc2ccc(C(=O)Oc3ccc4ccc(OC(=O)c5ccc(OC(=O)c6ccc(OCCCCCCCCCC)cc6)cc5)c(C)c4c3)cc2)cc1. The van der Waals surface area contributed by atoms with E-state index in [1.165, 1.54) is 126 Å². The molecular formula is C59H66O10. The number of benzene rings is 6. The molecule has 0 aliphatic rings. The minimum atomic E-state index is -0.601. The third kappa shape index (κ3) is 16.7. The zero-order valence-electron chi connectivity index (χ0n) is 40.4. The molecule has 0 heterocycles. The predicted octanol–water partition coefficient (Wildman–Crippen LogP) is 15.1. The highest BCUT2D eigenvalue weighted by Crippen LogP contribution is 2.32. The highest BCUT2D eigenvalue weighted by molar-refractivity contribution is 5.96. The summed E-state index contributed by atoms with van der Waals surface area (Å²) in [5.74, 6) is 0.346. The third-order valence-electron chi connectivity index (χ3n) is 11.9. The molecule has 10 nitrogen and oxygen atoms in total. The highest BCUT2D eigenvalue weighted by atomic mass is 16.5. The van der Waals surface area contributed by atoms with Crippen molar-refractivity contribution in [1.29, 1.82) is 0 Å². The molecule has 0 bridgehead atoms. The zero-order valence-corrected chi connectivity index (χ0v) is 40.4. The van der Waals surface area contributed by atoms with Gasteiger partial charge in [0.1, 0.15) is 34.5 Å². The van der Waals surface area contributed by atoms with Crippen LogP contribution in [0.4, 0.5) is 0 Å². The number of aryl methyl sites for hydroxylation is 1. The molecule has 0 spiro atoms. The number of hydrogen-bond donors (Lipinski definition) is 0. The number of fused-ring (bicyclic) bond motifs is 1. The molecule has 0 aromatic heterocycles. The Balaban J connectivity index is 0.935. The maximum absolute atomic E-state index is 13.2. The fourth-order valence-electron chi connectivity index (χ4n) is 7.80. The summed E-state index contributed by atoms with van der Waals surface area (Å²) < 4.78 is 34.3. The van der Waals surface area contributed by atoms with Gasteiger partial charge in [-0.15, -0.1) is 0 Å². The standard InChI is InChI=1S/C59H66O10/c1-4-6-8-10-12-14-16-18-40-64-49-30-21-45(22-31-49)56(60)66-51-34-25-47(26-35-51)58(62)68-53-38-20-44-29-39-55(43(3)54(44)42-53)69-59(63)48-27-36-52(37-28-48)67-57(61)46-23-32-50(33-24-46)65-41-19-17-15-13-11-9-7-5-2/h20-39,42H,4-19,40-41H2,1-3H3. The molecule has 0 amide bonds. The van der Waals surface area contributed by atoms with Gasteiger partial charge < -0.3 is 28.4 Å². The van der Waals surface area contributed by atoms with Gasteiger partial charge in [-0.1, -0.05) is 116 Å². The van der Waals surface area contributed by atoms with Crippen LogP contribution in [-0.2, 0) is 0 Å². The van der Waals surface area contributed by atoms with Crippen LogP contribution in [-0.4, -0.2) is 37.1 Å². The van der Waals surface area contributed by atoms with Gasteiger partial charge in [-0.25, -0.2) is 19.2 Å². The number of carbonyl (C=O) groups excluding carboxylic acids is 4. The molecule has 0 radical (unpaired) electrons. The predicted molar refractivity (Wildman–Crippen MR) is 270 cm³/mol. The van der Waals surface area contributed by atoms with Crippen molar-refractivity contribution in [1.82, 2.24) is 0 Å². The zero-order chi connectivity index (χ0) is 48.6. The first kappa shape index (κ1) is 51.5. The molecule has 0 saturated carbocycles. The van der Waals surface area contributed by atoms with Crippen LogP contribution in [0.15, 0.2) is 127 Å². The lowest BCUT2D eigenvalue weighted by Gasteiger charge is -2.12. The maximum Gasteiger partial charge on any atom is 0.343 e. The highest BCUT2D eigenvalue weighted by Gasteiger charge is 2.17. The van der Waals surface area contributed by atoms with Gasteiger partial charge in [0.15, 0.2) is 0 Å². The van der Waals surface area contributed by atoms with Crippen molar-refractivity contribution in [3.63, 3.8) is 0 Å². The van der Waals surface area contributed by atoms with Crippen molar-refractivity contribution in [3.8, 4) is 34.5 Å². The summed E-state index contributed by atoms with van der Waals surface area (Å²) in [6.45, 7) is 7.55. The van der Waals surface area contributed by atoms with E-state index >= 15 is 0 Å². The average Bonchev–Trinajstić information content (AvgIpc) is 3.37. The molecule has 362 valence electrons. The summed E-state index contributed by atoms with van der Waals surface area (Å²) in [5, 5.41) is 1.58. The van der Waals surface area contributed by atoms with E-state index in [4.69, 9.17) is 28.4 Å². The molecule has 0 atom stereocenters. The van der Waals surface area contributed by atoms with Gasteiger partial charge >= 0.3 is 23.9 Å². The van der Waals surface area contributed by atoms with Crippen LogP contribution < -0.4 is 28.4 Å². The van der Waals surface area contributed by atoms with Gasteiger partial charge in [0.2, 0.25) is 0 Å². The van der Waals surface area contributed by atoms with Gasteiger partial charge in [-0.2, -0.15) is 0 Å². The number of unbranched alkanes of at least 4 members (excludes halogenated alkanes) is 14. The third-order valence-corrected chi connectivity index (χ3v) is 11.9. The summed E-state index contributed by atoms with van der Waals surface area (Å²) in [6.07, 6.45) is 19.7. The van der Waals surface area contributed by atoms with Crippen LogP contribution in [0.1, 0.15) is 164 Å². The van der Waals surface area contributed by atoms with Gasteiger partial charge in [0, 0.05) is 0 Å². The van der Waals surface area contributed by atoms with Crippen LogP contribution in [0, 0.1) is 6.92 Å². The maximum atomic E-state index is 13.2. The largest absolute Gasteiger partial charge is 0.494 e. The Morgan fingerprint density at radius 3 is 1.07 bits per heavy atom. The Labute approximate surface area is 407 Å². The molecular weight excluding hydrogens is 869 g/mol. The Bertz CT molecular complexity index is 2540. The van der Waals surface area contributed by atoms with E-state index < -0.39 is 23.9 Å². The average molecular weight is 935 g/mol. The molecule has 0 N–H and O–H groups in total. The first-order chi connectivity index (χ1) is 33.7. The van der Waals surface area contributed by atoms with E-state index in [9.17, 15) is 19.2 Å². The first-order valence-corrected chi connectivity index (χ1v) is 24.8. The van der Waals surface area contributed by atoms with E-state index in [-0.39, 0.29) is 22.6 Å². The molecule has 69 heavy (non-hydrogen) atoms. The summed E-state index contributed by atoms with van der Waals surface area (Å²) in [7, 11) is 0. The monoisotopic (exact) mass is 934 g/mol. The quantitative estimate of drug-likeness (QED) is 0.0267. The van der Waals surface area contributed by atoms with Gasteiger partial charge in [0.05, 0.1) is 35.5 Å². The number of rotatable bonds is 28. The lowest BCUT2D eigenvalue weighted by Crippen LogP contribution is -2.11. The van der Waals surface area contributed by atoms with Crippen molar-refractivity contribution in [2.45, 2.75) is 124 Å². The number of esters is 4. The van der Waals surface area contributed by atoms with E-state index in [0.29, 0.717) is 52.9 Å². The second kappa shape index (κ2) is 27.8. The minimum Gasteiger partial charge on any atom is -0.494 e. The van der Waals surface area contributed by atoms with Gasteiger partial charge in [-0.05, 0) is 151 Å². The second-order valence-electron chi connectivity index (χ2n) is 17.4. The van der Waals surface area contributed by atoms with E-state index in [1.807, 2.05) is 19.1 Å². The minimum absolute atomic E-state index is 0.261. The fourth-order valence-corrected chi connectivity index (χ4v) is 7.80. The summed E-state index contributed by atoms with van der Waals surface area (Å²) in [5.41, 5.74) is 1.95. The van der Waals surface area contributed by atoms with Crippen LogP contribution in [0.3, 0.4) is 0 Å². The normalized spacial score (nSPS) is 10.9. The van der Waals surface area contributed by atoms with Crippen molar-refractivity contribution in [2.24, 2.45) is 0 Å². The lowest BCUT2D eigenvalue weighted by molar-refractivity contribution is 0.0720. The van der Waals surface area contributed by atoms with Crippen LogP contribution >= 0.6 is 0 Å². The molecule has 6 aromatic carbocycles. The molecule has 0 unspecified atom stereocenters. The first-order valence-electron chi connectivity index (χ1n) is 24.8. The topological polar surface area (TPSA) is 124 Å². The van der Waals surface area contributed by atoms with E-state index in [1.54, 1.807) is 66.7 Å².